The highest BCUT2D eigenvalue weighted by molar-refractivity contribution is 6.33. The Kier molecular flexibility index (Phi) is 3.69. The van der Waals surface area contributed by atoms with Crippen LogP contribution in [-0.2, 0) is 13.1 Å². The number of para-hydroxylation sites is 1. The van der Waals surface area contributed by atoms with Crippen molar-refractivity contribution in [1.82, 2.24) is 9.78 Å². The lowest BCUT2D eigenvalue weighted by molar-refractivity contribution is 0.623. The molecule has 3 nitrogen and oxygen atoms in total. The first kappa shape index (κ1) is 12.0. The maximum atomic E-state index is 6.08. The van der Waals surface area contributed by atoms with Crippen molar-refractivity contribution in [2.75, 3.05) is 5.32 Å². The van der Waals surface area contributed by atoms with E-state index < -0.39 is 0 Å². The van der Waals surface area contributed by atoms with E-state index in [2.05, 4.69) is 23.4 Å². The molecule has 0 radical (unpaired) electrons. The van der Waals surface area contributed by atoms with E-state index in [0.717, 1.165) is 29.5 Å². The van der Waals surface area contributed by atoms with E-state index in [9.17, 15) is 0 Å². The molecule has 0 aliphatic carbocycles. The van der Waals surface area contributed by atoms with Crippen molar-refractivity contribution in [2.24, 2.45) is 0 Å². The second-order valence-corrected chi connectivity index (χ2v) is 4.33. The molecule has 1 aromatic carbocycles. The molecule has 2 rings (SSSR count). The maximum Gasteiger partial charge on any atom is 0.0637 e. The number of anilines is 1. The Morgan fingerprint density at radius 3 is 2.82 bits per heavy atom. The van der Waals surface area contributed by atoms with Gasteiger partial charge in [-0.3, -0.25) is 4.68 Å². The van der Waals surface area contributed by atoms with Gasteiger partial charge in [0, 0.05) is 6.54 Å². The number of aryl methyl sites for hydroxylation is 2. The van der Waals surface area contributed by atoms with Crippen LogP contribution in [0.2, 0.25) is 5.02 Å². The number of aromatic nitrogens is 2. The van der Waals surface area contributed by atoms with E-state index in [1.165, 1.54) is 5.69 Å². The maximum absolute atomic E-state index is 6.08. The van der Waals surface area contributed by atoms with Crippen LogP contribution in [0.4, 0.5) is 5.69 Å². The van der Waals surface area contributed by atoms with E-state index in [0.29, 0.717) is 0 Å². The van der Waals surface area contributed by atoms with Gasteiger partial charge in [-0.2, -0.15) is 5.10 Å². The summed E-state index contributed by atoms with van der Waals surface area (Å²) in [5.41, 5.74) is 3.17. The Hall–Kier alpha value is -1.48. The van der Waals surface area contributed by atoms with Gasteiger partial charge in [0.2, 0.25) is 0 Å². The van der Waals surface area contributed by atoms with Gasteiger partial charge < -0.3 is 5.32 Å². The highest BCUT2D eigenvalue weighted by Crippen LogP contribution is 2.21. The molecule has 0 atom stereocenters. The second-order valence-electron chi connectivity index (χ2n) is 3.93. The van der Waals surface area contributed by atoms with Crippen molar-refractivity contribution in [1.29, 1.82) is 0 Å². The van der Waals surface area contributed by atoms with E-state index in [1.54, 1.807) is 0 Å². The number of hydrogen-bond donors (Lipinski definition) is 1. The molecule has 17 heavy (non-hydrogen) atoms. The largest absolute Gasteiger partial charge is 0.378 e. The number of nitrogens with one attached hydrogen (secondary N) is 1. The van der Waals surface area contributed by atoms with Crippen LogP contribution in [0.15, 0.2) is 30.3 Å². The Balaban J connectivity index is 2.09. The molecular weight excluding hydrogens is 234 g/mol. The minimum Gasteiger partial charge on any atom is -0.378 e. The van der Waals surface area contributed by atoms with Crippen LogP contribution in [0.3, 0.4) is 0 Å². The lowest BCUT2D eigenvalue weighted by atomic mass is 10.3. The van der Waals surface area contributed by atoms with Gasteiger partial charge >= 0.3 is 0 Å². The Bertz CT molecular complexity index is 505. The molecule has 1 aromatic heterocycles. The molecule has 90 valence electrons. The molecular formula is C13H16ClN3. The predicted molar refractivity (Wildman–Crippen MR) is 71.4 cm³/mol. The van der Waals surface area contributed by atoms with Crippen LogP contribution in [0.1, 0.15) is 18.3 Å². The van der Waals surface area contributed by atoms with Gasteiger partial charge in [-0.15, -0.1) is 0 Å². The second kappa shape index (κ2) is 5.23. The standard InChI is InChI=1S/C13H16ClN3/c1-3-17-11(8-10(2)16-17)9-15-13-7-5-4-6-12(13)14/h4-8,15H,3,9H2,1-2H3. The normalized spacial score (nSPS) is 10.5. The lowest BCUT2D eigenvalue weighted by Crippen LogP contribution is -2.08. The molecule has 0 unspecified atom stereocenters. The highest BCUT2D eigenvalue weighted by atomic mass is 35.5. The topological polar surface area (TPSA) is 29.9 Å². The number of nitrogens with zero attached hydrogens (tertiary/aromatic N) is 2. The zero-order valence-corrected chi connectivity index (χ0v) is 10.8. The molecule has 1 N–H and O–H groups in total. The van der Waals surface area contributed by atoms with Crippen molar-refractivity contribution >= 4 is 17.3 Å². The summed E-state index contributed by atoms with van der Waals surface area (Å²) >= 11 is 6.08. The van der Waals surface area contributed by atoms with Gasteiger partial charge in [0.15, 0.2) is 0 Å². The van der Waals surface area contributed by atoms with E-state index in [-0.39, 0.29) is 0 Å². The monoisotopic (exact) mass is 249 g/mol. The fourth-order valence-corrected chi connectivity index (χ4v) is 2.01. The zero-order chi connectivity index (χ0) is 12.3. The summed E-state index contributed by atoms with van der Waals surface area (Å²) in [5.74, 6) is 0. The van der Waals surface area contributed by atoms with Crippen molar-refractivity contribution in [3.63, 3.8) is 0 Å². The van der Waals surface area contributed by atoms with E-state index in [1.807, 2.05) is 35.9 Å². The summed E-state index contributed by atoms with van der Waals surface area (Å²) in [4.78, 5) is 0. The lowest BCUT2D eigenvalue weighted by Gasteiger charge is -2.09. The summed E-state index contributed by atoms with van der Waals surface area (Å²) in [6.45, 7) is 5.71. The van der Waals surface area contributed by atoms with Crippen LogP contribution in [-0.4, -0.2) is 9.78 Å². The van der Waals surface area contributed by atoms with Crippen molar-refractivity contribution in [2.45, 2.75) is 26.9 Å². The number of halogens is 1. The molecule has 0 aliphatic rings. The van der Waals surface area contributed by atoms with Crippen LogP contribution < -0.4 is 5.32 Å². The minimum absolute atomic E-state index is 0.735. The molecule has 4 heteroatoms. The van der Waals surface area contributed by atoms with Gasteiger partial charge in [0.1, 0.15) is 0 Å². The molecule has 0 spiro atoms. The van der Waals surface area contributed by atoms with Crippen LogP contribution in [0.25, 0.3) is 0 Å². The summed E-state index contributed by atoms with van der Waals surface area (Å²) in [6.07, 6.45) is 0. The molecule has 1 heterocycles. The van der Waals surface area contributed by atoms with Crippen molar-refractivity contribution in [3.8, 4) is 0 Å². The average molecular weight is 250 g/mol. The van der Waals surface area contributed by atoms with Gasteiger partial charge in [-0.1, -0.05) is 23.7 Å². The first-order valence-electron chi connectivity index (χ1n) is 5.72. The summed E-state index contributed by atoms with van der Waals surface area (Å²) in [5, 5.41) is 8.47. The van der Waals surface area contributed by atoms with Gasteiger partial charge in [0.05, 0.1) is 28.6 Å². The average Bonchev–Trinajstić information content (AvgIpc) is 2.69. The molecule has 0 saturated carbocycles. The third kappa shape index (κ3) is 2.80. The first-order valence-corrected chi connectivity index (χ1v) is 6.10. The quantitative estimate of drug-likeness (QED) is 0.899. The number of benzene rings is 1. The third-order valence-corrected chi connectivity index (χ3v) is 2.95. The highest BCUT2D eigenvalue weighted by Gasteiger charge is 2.04. The zero-order valence-electron chi connectivity index (χ0n) is 10.1. The fraction of sp³-hybridized carbons (Fsp3) is 0.308. The SMILES string of the molecule is CCn1nc(C)cc1CNc1ccccc1Cl. The third-order valence-electron chi connectivity index (χ3n) is 2.62. The molecule has 0 aliphatic heterocycles. The van der Waals surface area contributed by atoms with Crippen LogP contribution in [0, 0.1) is 6.92 Å². The van der Waals surface area contributed by atoms with E-state index >= 15 is 0 Å². The van der Waals surface area contributed by atoms with E-state index in [4.69, 9.17) is 11.6 Å². The molecule has 0 saturated heterocycles. The number of hydrogen-bond acceptors (Lipinski definition) is 2. The predicted octanol–water partition coefficient (Wildman–Crippen LogP) is 3.48. The molecule has 0 amide bonds. The molecule has 2 aromatic rings. The van der Waals surface area contributed by atoms with Crippen LogP contribution in [0.5, 0.6) is 0 Å². The number of rotatable bonds is 4. The smallest absolute Gasteiger partial charge is 0.0637 e. The summed E-state index contributed by atoms with van der Waals surface area (Å²) in [7, 11) is 0. The van der Waals surface area contributed by atoms with Gasteiger partial charge in [0.25, 0.3) is 0 Å². The van der Waals surface area contributed by atoms with Crippen LogP contribution >= 0.6 is 11.6 Å². The molecule has 0 fully saturated rings. The van der Waals surface area contributed by atoms with Crippen molar-refractivity contribution < 1.29 is 0 Å². The molecule has 0 bridgehead atoms. The van der Waals surface area contributed by atoms with Gasteiger partial charge in [-0.05, 0) is 32.0 Å². The fourth-order valence-electron chi connectivity index (χ4n) is 1.81. The van der Waals surface area contributed by atoms with Gasteiger partial charge in [-0.25, -0.2) is 0 Å². The van der Waals surface area contributed by atoms with Crippen molar-refractivity contribution in [3.05, 3.63) is 46.7 Å². The Labute approximate surface area is 106 Å². The first-order chi connectivity index (χ1) is 8.20. The Morgan fingerprint density at radius 1 is 1.35 bits per heavy atom. The summed E-state index contributed by atoms with van der Waals surface area (Å²) in [6, 6.07) is 9.84. The Morgan fingerprint density at radius 2 is 2.12 bits per heavy atom. The minimum atomic E-state index is 0.735. The summed E-state index contributed by atoms with van der Waals surface area (Å²) < 4.78 is 2.00.